The van der Waals surface area contributed by atoms with Crippen LogP contribution in [0.2, 0.25) is 0 Å². The van der Waals surface area contributed by atoms with Gasteiger partial charge in [-0.15, -0.1) is 0 Å². The Kier molecular flexibility index (Phi) is 4.73. The smallest absolute Gasteiger partial charge is 0.219 e. The molecular formula is C15H18N2O. The van der Waals surface area contributed by atoms with Crippen LogP contribution in [0, 0.1) is 0 Å². The van der Waals surface area contributed by atoms with Gasteiger partial charge in [-0.3, -0.25) is 0 Å². The average Bonchev–Trinajstić information content (AvgIpc) is 2.41. The van der Waals surface area contributed by atoms with Crippen molar-refractivity contribution in [3.8, 4) is 11.6 Å². The number of para-hydroxylation sites is 1. The number of ether oxygens (including phenoxy) is 1. The van der Waals surface area contributed by atoms with Crippen LogP contribution in [0.5, 0.6) is 11.6 Å². The summed E-state index contributed by atoms with van der Waals surface area (Å²) in [6.07, 6.45) is 2.92. The number of pyridine rings is 1. The lowest BCUT2D eigenvalue weighted by atomic mass is 10.2. The van der Waals surface area contributed by atoms with Crippen LogP contribution < -0.4 is 10.1 Å². The fraction of sp³-hybridized carbons (Fsp3) is 0.267. The van der Waals surface area contributed by atoms with Crippen LogP contribution in [0.3, 0.4) is 0 Å². The molecule has 3 heteroatoms. The van der Waals surface area contributed by atoms with E-state index < -0.39 is 0 Å². The van der Waals surface area contributed by atoms with E-state index in [0.29, 0.717) is 5.88 Å². The quantitative estimate of drug-likeness (QED) is 0.788. The zero-order chi connectivity index (χ0) is 12.6. The molecule has 1 N–H and O–H groups in total. The molecule has 0 radical (unpaired) electrons. The highest BCUT2D eigenvalue weighted by Gasteiger charge is 1.99. The van der Waals surface area contributed by atoms with Crippen molar-refractivity contribution >= 4 is 0 Å². The minimum atomic E-state index is 0.636. The van der Waals surface area contributed by atoms with Gasteiger partial charge in [0.1, 0.15) is 5.75 Å². The molecule has 2 aromatic rings. The summed E-state index contributed by atoms with van der Waals surface area (Å²) in [5.41, 5.74) is 1.18. The van der Waals surface area contributed by atoms with Gasteiger partial charge in [0, 0.05) is 18.8 Å². The van der Waals surface area contributed by atoms with E-state index >= 15 is 0 Å². The van der Waals surface area contributed by atoms with Crippen molar-refractivity contribution in [1.82, 2.24) is 10.3 Å². The summed E-state index contributed by atoms with van der Waals surface area (Å²) >= 11 is 0. The van der Waals surface area contributed by atoms with Gasteiger partial charge in [0.25, 0.3) is 0 Å². The van der Waals surface area contributed by atoms with Gasteiger partial charge in [-0.25, -0.2) is 4.98 Å². The van der Waals surface area contributed by atoms with Gasteiger partial charge < -0.3 is 10.1 Å². The average molecular weight is 242 g/mol. The highest BCUT2D eigenvalue weighted by atomic mass is 16.5. The Bertz CT molecular complexity index is 471. The van der Waals surface area contributed by atoms with E-state index in [-0.39, 0.29) is 0 Å². The highest BCUT2D eigenvalue weighted by Crippen LogP contribution is 2.19. The number of nitrogens with one attached hydrogen (secondary N) is 1. The van der Waals surface area contributed by atoms with Crippen molar-refractivity contribution in [2.24, 2.45) is 0 Å². The molecule has 0 aliphatic carbocycles. The molecule has 2 rings (SSSR count). The molecule has 0 spiro atoms. The second-order valence-corrected chi connectivity index (χ2v) is 4.09. The first kappa shape index (κ1) is 12.6. The van der Waals surface area contributed by atoms with Gasteiger partial charge in [-0.05, 0) is 36.7 Å². The summed E-state index contributed by atoms with van der Waals surface area (Å²) in [7, 11) is 0. The normalized spacial score (nSPS) is 10.3. The van der Waals surface area contributed by atoms with Crippen LogP contribution >= 0.6 is 0 Å². The van der Waals surface area contributed by atoms with Crippen molar-refractivity contribution in [2.75, 3.05) is 6.54 Å². The predicted octanol–water partition coefficient (Wildman–Crippen LogP) is 3.37. The highest BCUT2D eigenvalue weighted by molar-refractivity contribution is 5.28. The van der Waals surface area contributed by atoms with E-state index in [1.807, 2.05) is 42.5 Å². The van der Waals surface area contributed by atoms with E-state index in [9.17, 15) is 0 Å². The Morgan fingerprint density at radius 2 is 2.00 bits per heavy atom. The fourth-order valence-corrected chi connectivity index (χ4v) is 1.64. The first-order valence-corrected chi connectivity index (χ1v) is 6.27. The molecule has 3 nitrogen and oxygen atoms in total. The third-order valence-corrected chi connectivity index (χ3v) is 2.52. The monoisotopic (exact) mass is 242 g/mol. The van der Waals surface area contributed by atoms with Gasteiger partial charge in [0.05, 0.1) is 0 Å². The first-order valence-electron chi connectivity index (χ1n) is 6.27. The summed E-state index contributed by atoms with van der Waals surface area (Å²) in [6, 6.07) is 13.7. The second kappa shape index (κ2) is 6.77. The standard InChI is InChI=1S/C15H18N2O/c1-2-9-16-12-13-8-10-17-15(11-13)18-14-6-4-3-5-7-14/h3-8,10-11,16H,2,9,12H2,1H3. The van der Waals surface area contributed by atoms with Crippen LogP contribution in [0.15, 0.2) is 48.7 Å². The van der Waals surface area contributed by atoms with Crippen LogP contribution in [-0.4, -0.2) is 11.5 Å². The molecule has 0 fully saturated rings. The summed E-state index contributed by atoms with van der Waals surface area (Å²) in [4.78, 5) is 4.21. The maximum atomic E-state index is 5.69. The molecule has 1 aromatic carbocycles. The summed E-state index contributed by atoms with van der Waals surface area (Å²) in [6.45, 7) is 4.03. The molecule has 1 heterocycles. The molecule has 0 aliphatic heterocycles. The Labute approximate surface area is 108 Å². The van der Waals surface area contributed by atoms with Crippen molar-refractivity contribution < 1.29 is 4.74 Å². The first-order chi connectivity index (χ1) is 8.88. The topological polar surface area (TPSA) is 34.2 Å². The predicted molar refractivity (Wildman–Crippen MR) is 72.8 cm³/mol. The van der Waals surface area contributed by atoms with Crippen molar-refractivity contribution in [2.45, 2.75) is 19.9 Å². The number of nitrogens with zero attached hydrogens (tertiary/aromatic N) is 1. The minimum Gasteiger partial charge on any atom is -0.439 e. The zero-order valence-electron chi connectivity index (χ0n) is 10.6. The number of benzene rings is 1. The molecule has 94 valence electrons. The van der Waals surface area contributed by atoms with Gasteiger partial charge >= 0.3 is 0 Å². The summed E-state index contributed by atoms with van der Waals surface area (Å²) in [5.74, 6) is 1.45. The van der Waals surface area contributed by atoms with Crippen molar-refractivity contribution in [1.29, 1.82) is 0 Å². The van der Waals surface area contributed by atoms with Crippen LogP contribution in [0.25, 0.3) is 0 Å². The van der Waals surface area contributed by atoms with E-state index in [1.54, 1.807) is 6.20 Å². The maximum Gasteiger partial charge on any atom is 0.219 e. The Balaban J connectivity index is 1.99. The number of hydrogen-bond acceptors (Lipinski definition) is 3. The largest absolute Gasteiger partial charge is 0.439 e. The molecular weight excluding hydrogens is 224 g/mol. The Morgan fingerprint density at radius 1 is 1.17 bits per heavy atom. The van der Waals surface area contributed by atoms with E-state index in [0.717, 1.165) is 25.3 Å². The van der Waals surface area contributed by atoms with Crippen molar-refractivity contribution in [3.63, 3.8) is 0 Å². The van der Waals surface area contributed by atoms with Gasteiger partial charge in [0.15, 0.2) is 0 Å². The fourth-order valence-electron chi connectivity index (χ4n) is 1.64. The second-order valence-electron chi connectivity index (χ2n) is 4.09. The van der Waals surface area contributed by atoms with Gasteiger partial charge in [-0.1, -0.05) is 25.1 Å². The lowest BCUT2D eigenvalue weighted by molar-refractivity contribution is 0.461. The number of rotatable bonds is 6. The molecule has 0 bridgehead atoms. The van der Waals surface area contributed by atoms with Crippen LogP contribution in [-0.2, 0) is 6.54 Å². The summed E-state index contributed by atoms with van der Waals surface area (Å²) < 4.78 is 5.69. The SMILES string of the molecule is CCCNCc1ccnc(Oc2ccccc2)c1. The molecule has 0 unspecified atom stereocenters. The van der Waals surface area contributed by atoms with Gasteiger partial charge in [-0.2, -0.15) is 0 Å². The third kappa shape index (κ3) is 3.86. The van der Waals surface area contributed by atoms with Crippen LogP contribution in [0.4, 0.5) is 0 Å². The molecule has 18 heavy (non-hydrogen) atoms. The third-order valence-electron chi connectivity index (χ3n) is 2.52. The number of aromatic nitrogens is 1. The molecule has 0 amide bonds. The Hall–Kier alpha value is -1.87. The molecule has 0 atom stereocenters. The maximum absolute atomic E-state index is 5.69. The zero-order valence-corrected chi connectivity index (χ0v) is 10.6. The molecule has 0 saturated heterocycles. The van der Waals surface area contributed by atoms with Gasteiger partial charge in [0.2, 0.25) is 5.88 Å². The van der Waals surface area contributed by atoms with Crippen molar-refractivity contribution in [3.05, 3.63) is 54.2 Å². The van der Waals surface area contributed by atoms with Crippen LogP contribution in [0.1, 0.15) is 18.9 Å². The minimum absolute atomic E-state index is 0.636. The van der Waals surface area contributed by atoms with E-state index in [1.165, 1.54) is 5.56 Å². The van der Waals surface area contributed by atoms with E-state index in [4.69, 9.17) is 4.74 Å². The summed E-state index contributed by atoms with van der Waals surface area (Å²) in [5, 5.41) is 3.36. The lowest BCUT2D eigenvalue weighted by Crippen LogP contribution is -2.13. The lowest BCUT2D eigenvalue weighted by Gasteiger charge is -2.07. The Morgan fingerprint density at radius 3 is 2.78 bits per heavy atom. The molecule has 0 aliphatic rings. The number of hydrogen-bond donors (Lipinski definition) is 1. The molecule has 1 aromatic heterocycles. The van der Waals surface area contributed by atoms with E-state index in [2.05, 4.69) is 17.2 Å². The molecule has 0 saturated carbocycles.